The zero-order valence-electron chi connectivity index (χ0n) is 23.2. The lowest BCUT2D eigenvalue weighted by molar-refractivity contribution is -0.671. The number of allylic oxidation sites excluding steroid dienone is 4. The van der Waals surface area contributed by atoms with Gasteiger partial charge in [-0.05, 0) is 65.6 Å². The number of aryl methyl sites for hydroxylation is 1. The summed E-state index contributed by atoms with van der Waals surface area (Å²) in [5.41, 5.74) is 6.57. The van der Waals surface area contributed by atoms with Crippen LogP contribution < -0.4 is 9.47 Å². The van der Waals surface area contributed by atoms with E-state index in [1.54, 1.807) is 12.3 Å². The van der Waals surface area contributed by atoms with Gasteiger partial charge in [0, 0.05) is 38.3 Å². The Balaban J connectivity index is 0.000000696. The molecule has 0 amide bonds. The molecule has 0 aliphatic heterocycles. The number of aliphatic hydroxyl groups is 1. The highest BCUT2D eigenvalue weighted by molar-refractivity contribution is 7.80. The van der Waals surface area contributed by atoms with Gasteiger partial charge in [-0.25, -0.2) is 13.0 Å². The topological polar surface area (TPSA) is 143 Å². The molecule has 0 saturated heterocycles. The lowest BCUT2D eigenvalue weighted by Crippen LogP contribution is -2.26. The van der Waals surface area contributed by atoms with Crippen molar-refractivity contribution >= 4 is 39.4 Å². The summed E-state index contributed by atoms with van der Waals surface area (Å²) in [6.07, 6.45) is 10.5. The van der Waals surface area contributed by atoms with E-state index in [1.807, 2.05) is 97.6 Å². The van der Waals surface area contributed by atoms with Crippen LogP contribution in [0.15, 0.2) is 117 Å². The molecule has 1 aromatic heterocycles. The third-order valence-corrected chi connectivity index (χ3v) is 6.18. The Labute approximate surface area is 240 Å². The fraction of sp³-hybridized carbons (Fsp3) is 0.207. The fourth-order valence-electron chi connectivity index (χ4n) is 3.49. The second-order valence-corrected chi connectivity index (χ2v) is 10.3. The molecule has 0 bridgehead atoms. The maximum absolute atomic E-state index is 9.98. The second-order valence-electron chi connectivity index (χ2n) is 9.14. The predicted molar refractivity (Wildman–Crippen MR) is 158 cm³/mol. The summed E-state index contributed by atoms with van der Waals surface area (Å²) in [5.74, 6) is 0.285. The zero-order valence-corrected chi connectivity index (χ0v) is 24.1. The molecule has 0 saturated carbocycles. The van der Waals surface area contributed by atoms with Gasteiger partial charge in [0.25, 0.3) is 0 Å². The number of anilines is 1. The third kappa shape index (κ3) is 10.9. The maximum Gasteiger partial charge on any atom is 0.217 e. The molecule has 1 aliphatic rings. The molecule has 12 heteroatoms. The van der Waals surface area contributed by atoms with Crippen molar-refractivity contribution in [3.63, 3.8) is 0 Å². The highest BCUT2D eigenvalue weighted by Crippen LogP contribution is 2.22. The number of pyridine rings is 1. The van der Waals surface area contributed by atoms with Crippen molar-refractivity contribution in [3.05, 3.63) is 108 Å². The summed E-state index contributed by atoms with van der Waals surface area (Å²) in [6, 6.07) is 19.7. The van der Waals surface area contributed by atoms with Crippen LogP contribution in [0, 0.1) is 0 Å². The molecule has 1 aliphatic carbocycles. The first-order valence-corrected chi connectivity index (χ1v) is 13.8. The van der Waals surface area contributed by atoms with Crippen molar-refractivity contribution in [1.29, 1.82) is 0 Å². The third-order valence-electron chi connectivity index (χ3n) is 5.77. The van der Waals surface area contributed by atoms with Crippen molar-refractivity contribution in [3.8, 4) is 0 Å². The molecule has 0 atom stereocenters. The lowest BCUT2D eigenvalue weighted by Gasteiger charge is -2.13. The van der Waals surface area contributed by atoms with E-state index >= 15 is 0 Å². The molecule has 41 heavy (non-hydrogen) atoms. The van der Waals surface area contributed by atoms with Gasteiger partial charge in [0.05, 0.1) is 36.2 Å². The smallest absolute Gasteiger partial charge is 0.217 e. The van der Waals surface area contributed by atoms with Gasteiger partial charge < -0.3 is 14.6 Å². The average molecular weight is 577 g/mol. The van der Waals surface area contributed by atoms with Gasteiger partial charge in [0.15, 0.2) is 12.4 Å². The van der Waals surface area contributed by atoms with Crippen LogP contribution in [0.1, 0.15) is 17.5 Å². The molecule has 0 fully saturated rings. The minimum Gasteiger partial charge on any atom is -0.726 e. The van der Waals surface area contributed by atoms with Crippen LogP contribution in [-0.2, 0) is 28.1 Å². The van der Waals surface area contributed by atoms with Crippen LogP contribution in [0.5, 0.6) is 0 Å². The van der Waals surface area contributed by atoms with E-state index in [9.17, 15) is 18.1 Å². The Hall–Kier alpha value is -4.52. The number of nitrogens with zero attached hydrogens (tertiary/aromatic N) is 6. The van der Waals surface area contributed by atoms with Gasteiger partial charge in [0.1, 0.15) is 7.05 Å². The number of aromatic nitrogens is 1. The summed E-state index contributed by atoms with van der Waals surface area (Å²) < 4.78 is 33.0. The highest BCUT2D eigenvalue weighted by Gasteiger charge is 2.14. The second kappa shape index (κ2) is 14.7. The number of hydrogen-bond donors (Lipinski definition) is 1. The summed E-state index contributed by atoms with van der Waals surface area (Å²) in [4.78, 5) is 2.04. The molecule has 0 unspecified atom stereocenters. The van der Waals surface area contributed by atoms with Gasteiger partial charge in [-0.1, -0.05) is 18.2 Å². The molecule has 1 N–H and O–H groups in total. The Bertz CT molecular complexity index is 1560. The number of hydrogen-bond acceptors (Lipinski definition) is 10. The van der Waals surface area contributed by atoms with Gasteiger partial charge in [0.2, 0.25) is 10.4 Å². The molecule has 4 rings (SSSR count). The number of rotatable bonds is 8. The van der Waals surface area contributed by atoms with Crippen LogP contribution in [0.3, 0.4) is 0 Å². The molecular formula is C29H32N6O5S. The minimum absolute atomic E-state index is 0.285. The van der Waals surface area contributed by atoms with Crippen molar-refractivity contribution in [2.24, 2.45) is 27.5 Å². The Morgan fingerprint density at radius 3 is 2.07 bits per heavy atom. The molecule has 2 aromatic carbocycles. The maximum atomic E-state index is 9.98. The van der Waals surface area contributed by atoms with E-state index in [4.69, 9.17) is 0 Å². The van der Waals surface area contributed by atoms with Crippen LogP contribution in [0.4, 0.5) is 17.1 Å². The molecule has 0 spiro atoms. The summed E-state index contributed by atoms with van der Waals surface area (Å²) in [6.45, 7) is 0. The number of aliphatic hydroxyl groups excluding tert-OH is 1. The van der Waals surface area contributed by atoms with Gasteiger partial charge in [-0.15, -0.1) is 0 Å². The zero-order chi connectivity index (χ0) is 29.8. The largest absolute Gasteiger partial charge is 0.726 e. The SMILES string of the molecule is CN(C)c1ccc(/N=N/c2ccc(/C=N/N=C3CC(O)=CC=C3Cc3cc[n+](C)cc3)cc2)cc1.COS(=O)(=O)[O-]. The fourth-order valence-corrected chi connectivity index (χ4v) is 3.49. The predicted octanol–water partition coefficient (Wildman–Crippen LogP) is 4.88. The first-order chi connectivity index (χ1) is 19.5. The van der Waals surface area contributed by atoms with Gasteiger partial charge in [-0.3, -0.25) is 4.18 Å². The van der Waals surface area contributed by atoms with E-state index in [-0.39, 0.29) is 5.76 Å². The van der Waals surface area contributed by atoms with Crippen LogP contribution in [-0.4, -0.2) is 51.2 Å². The average Bonchev–Trinajstić information content (AvgIpc) is 2.95. The van der Waals surface area contributed by atoms with Crippen molar-refractivity contribution in [1.82, 2.24) is 0 Å². The standard InChI is InChI=1S/C28H28N6O.CH4O4S/c1-33(2)26-11-9-25(10-12-26)31-30-24-7-4-22(5-8-24)20-29-32-28-19-27(35)13-6-23(28)18-21-14-16-34(3)17-15-21;1-5-6(2,3)4/h4-17,20H,18-19H2,1-3H3;1H3,(H,2,3,4). The monoisotopic (exact) mass is 576 g/mol. The van der Waals surface area contributed by atoms with Crippen molar-refractivity contribution in [2.75, 3.05) is 26.1 Å². The first-order valence-electron chi connectivity index (χ1n) is 12.5. The summed E-state index contributed by atoms with van der Waals surface area (Å²) in [5, 5.41) is 27.3. The molecule has 3 aromatic rings. The number of azo groups is 1. The normalized spacial score (nSPS) is 14.5. The first kappa shape index (κ1) is 31.0. The van der Waals surface area contributed by atoms with E-state index in [0.29, 0.717) is 6.42 Å². The van der Waals surface area contributed by atoms with Crippen LogP contribution in [0.2, 0.25) is 0 Å². The van der Waals surface area contributed by atoms with E-state index < -0.39 is 10.4 Å². The molecule has 11 nitrogen and oxygen atoms in total. The molecule has 214 valence electrons. The van der Waals surface area contributed by atoms with Gasteiger partial charge >= 0.3 is 0 Å². The minimum atomic E-state index is -4.41. The van der Waals surface area contributed by atoms with Gasteiger partial charge in [-0.2, -0.15) is 20.4 Å². The summed E-state index contributed by atoms with van der Waals surface area (Å²) in [7, 11) is 2.39. The lowest BCUT2D eigenvalue weighted by atomic mass is 9.95. The van der Waals surface area contributed by atoms with E-state index in [1.165, 1.54) is 5.56 Å². The Morgan fingerprint density at radius 2 is 1.54 bits per heavy atom. The van der Waals surface area contributed by atoms with Crippen LogP contribution in [0.25, 0.3) is 0 Å². The summed E-state index contributed by atoms with van der Waals surface area (Å²) >= 11 is 0. The number of benzene rings is 2. The highest BCUT2D eigenvalue weighted by atomic mass is 32.3. The Morgan fingerprint density at radius 1 is 0.976 bits per heavy atom. The quantitative estimate of drug-likeness (QED) is 0.101. The van der Waals surface area contributed by atoms with Crippen molar-refractivity contribution < 1.29 is 26.8 Å². The molecule has 0 radical (unpaired) electrons. The van der Waals surface area contributed by atoms with Crippen molar-refractivity contribution in [2.45, 2.75) is 12.8 Å². The Kier molecular flexibility index (Phi) is 11.2. The molecular weight excluding hydrogens is 544 g/mol. The van der Waals surface area contributed by atoms with Crippen LogP contribution >= 0.6 is 0 Å². The van der Waals surface area contributed by atoms with E-state index in [2.05, 4.69) is 36.7 Å². The molecule has 1 heterocycles. The van der Waals surface area contributed by atoms with E-state index in [0.717, 1.165) is 47.4 Å².